The van der Waals surface area contributed by atoms with Crippen LogP contribution in [0.1, 0.15) is 16.8 Å². The molecular weight excluding hydrogens is 346 g/mol. The van der Waals surface area contributed by atoms with Gasteiger partial charge in [-0.2, -0.15) is 0 Å². The number of hydrogen-bond donors (Lipinski definition) is 1. The van der Waals surface area contributed by atoms with Crippen LogP contribution in [-0.4, -0.2) is 53.4 Å². The highest BCUT2D eigenvalue weighted by Gasteiger charge is 2.20. The second-order valence-corrected chi connectivity index (χ2v) is 6.42. The molecule has 8 heteroatoms. The van der Waals surface area contributed by atoms with Crippen molar-refractivity contribution in [2.75, 3.05) is 25.5 Å². The van der Waals surface area contributed by atoms with Gasteiger partial charge < -0.3 is 9.88 Å². The van der Waals surface area contributed by atoms with Crippen LogP contribution in [0.4, 0.5) is 10.6 Å². The molecule has 144 valence electrons. The molecule has 0 aliphatic carbocycles. The molecule has 8 nitrogen and oxygen atoms in total. The second kappa shape index (κ2) is 8.98. The van der Waals surface area contributed by atoms with Crippen molar-refractivity contribution >= 4 is 24.2 Å². The highest BCUT2D eigenvalue weighted by molar-refractivity contribution is 5.96. The topological polar surface area (TPSA) is 87.5 Å². The molecule has 4 amide bonds. The molecule has 0 radical (unpaired) electrons. The average Bonchev–Trinajstić information content (AvgIpc) is 3.01. The fraction of sp³-hybridized carbons (Fsp3) is 0.368. The van der Waals surface area contributed by atoms with Gasteiger partial charge >= 0.3 is 6.03 Å². The summed E-state index contributed by atoms with van der Waals surface area (Å²) >= 11 is 0. The number of imide groups is 1. The Kier molecular flexibility index (Phi) is 6.70. The Morgan fingerprint density at radius 2 is 1.85 bits per heavy atom. The molecule has 0 spiro atoms. The number of carbonyl (C=O) groups is 3. The summed E-state index contributed by atoms with van der Waals surface area (Å²) in [6.07, 6.45) is 2.71. The molecule has 2 aromatic rings. The molecule has 0 aliphatic rings. The largest absolute Gasteiger partial charge is 0.354 e. The highest BCUT2D eigenvalue weighted by atomic mass is 16.2. The van der Waals surface area contributed by atoms with Crippen molar-refractivity contribution in [3.8, 4) is 0 Å². The van der Waals surface area contributed by atoms with Gasteiger partial charge in [-0.15, -0.1) is 0 Å². The molecule has 0 saturated carbocycles. The Morgan fingerprint density at radius 1 is 1.19 bits per heavy atom. The number of urea groups is 1. The Morgan fingerprint density at radius 3 is 2.48 bits per heavy atom. The van der Waals surface area contributed by atoms with Crippen LogP contribution in [0.3, 0.4) is 0 Å². The van der Waals surface area contributed by atoms with Crippen molar-refractivity contribution in [2.24, 2.45) is 0 Å². The molecule has 0 atom stereocenters. The molecule has 0 fully saturated rings. The lowest BCUT2D eigenvalue weighted by molar-refractivity contribution is -0.121. The summed E-state index contributed by atoms with van der Waals surface area (Å²) in [5.41, 5.74) is 3.04. The van der Waals surface area contributed by atoms with Crippen LogP contribution in [0.5, 0.6) is 0 Å². The lowest BCUT2D eigenvalue weighted by Gasteiger charge is -2.19. The van der Waals surface area contributed by atoms with Crippen molar-refractivity contribution < 1.29 is 14.4 Å². The average molecular weight is 371 g/mol. The third kappa shape index (κ3) is 5.16. The minimum atomic E-state index is -0.499. The molecule has 0 bridgehead atoms. The summed E-state index contributed by atoms with van der Waals surface area (Å²) in [7, 11) is 2.91. The Balaban J connectivity index is 1.90. The number of carbonyl (C=O) groups excluding carboxylic acids is 3. The SMILES string of the molecule is Cc1ccc(CCNC(=O)Cn2cnc(N(C)C(=O)N(C)C=O)c2C)cc1. The van der Waals surface area contributed by atoms with E-state index in [-0.39, 0.29) is 12.5 Å². The first-order valence-corrected chi connectivity index (χ1v) is 8.63. The number of anilines is 1. The third-order valence-electron chi connectivity index (χ3n) is 4.31. The van der Waals surface area contributed by atoms with Crippen LogP contribution in [0.25, 0.3) is 0 Å². The van der Waals surface area contributed by atoms with E-state index in [1.54, 1.807) is 11.5 Å². The fourth-order valence-electron chi connectivity index (χ4n) is 2.61. The van der Waals surface area contributed by atoms with Gasteiger partial charge in [-0.3, -0.25) is 19.4 Å². The molecular formula is C19H25N5O3. The number of amides is 4. The van der Waals surface area contributed by atoms with Crippen LogP contribution < -0.4 is 10.2 Å². The third-order valence-corrected chi connectivity index (χ3v) is 4.31. The molecule has 1 heterocycles. The summed E-state index contributed by atoms with van der Waals surface area (Å²) < 4.78 is 1.67. The Bertz CT molecular complexity index is 813. The van der Waals surface area contributed by atoms with Gasteiger partial charge in [0.1, 0.15) is 6.54 Å². The van der Waals surface area contributed by atoms with Crippen LogP contribution in [-0.2, 0) is 22.6 Å². The number of rotatable bonds is 7. The number of hydrogen-bond acceptors (Lipinski definition) is 4. The number of nitrogens with one attached hydrogen (secondary N) is 1. The molecule has 2 rings (SSSR count). The van der Waals surface area contributed by atoms with E-state index in [1.165, 1.54) is 36.4 Å². The van der Waals surface area contributed by atoms with E-state index in [1.807, 2.05) is 19.1 Å². The number of imidazole rings is 1. The van der Waals surface area contributed by atoms with Crippen LogP contribution >= 0.6 is 0 Å². The molecule has 0 saturated heterocycles. The smallest absolute Gasteiger partial charge is 0.331 e. The quantitative estimate of drug-likeness (QED) is 0.747. The van der Waals surface area contributed by atoms with Crippen molar-refractivity contribution in [3.63, 3.8) is 0 Å². The zero-order valence-corrected chi connectivity index (χ0v) is 16.1. The minimum Gasteiger partial charge on any atom is -0.354 e. The van der Waals surface area contributed by atoms with Gasteiger partial charge in [-0.25, -0.2) is 9.78 Å². The summed E-state index contributed by atoms with van der Waals surface area (Å²) in [5.74, 6) is 0.273. The van der Waals surface area contributed by atoms with Crippen molar-refractivity contribution in [3.05, 3.63) is 47.4 Å². The minimum absolute atomic E-state index is 0.109. The molecule has 0 aliphatic heterocycles. The van der Waals surface area contributed by atoms with Crippen molar-refractivity contribution in [2.45, 2.75) is 26.8 Å². The van der Waals surface area contributed by atoms with Crippen LogP contribution in [0.2, 0.25) is 0 Å². The van der Waals surface area contributed by atoms with E-state index in [9.17, 15) is 14.4 Å². The van der Waals surface area contributed by atoms with Gasteiger partial charge in [0.25, 0.3) is 0 Å². The summed E-state index contributed by atoms with van der Waals surface area (Å²) in [6, 6.07) is 7.70. The first kappa shape index (κ1) is 20.2. The predicted molar refractivity (Wildman–Crippen MR) is 102 cm³/mol. The van der Waals surface area contributed by atoms with Gasteiger partial charge in [0.15, 0.2) is 5.82 Å². The van der Waals surface area contributed by atoms with E-state index in [0.717, 1.165) is 11.3 Å². The monoisotopic (exact) mass is 371 g/mol. The van der Waals surface area contributed by atoms with Gasteiger partial charge in [-0.05, 0) is 25.8 Å². The number of aryl methyl sites for hydroxylation is 1. The zero-order valence-electron chi connectivity index (χ0n) is 16.1. The van der Waals surface area contributed by atoms with E-state index in [4.69, 9.17) is 0 Å². The van der Waals surface area contributed by atoms with E-state index in [0.29, 0.717) is 24.5 Å². The molecule has 27 heavy (non-hydrogen) atoms. The Hall–Kier alpha value is -3.16. The lowest BCUT2D eigenvalue weighted by Crippen LogP contribution is -2.38. The second-order valence-electron chi connectivity index (χ2n) is 6.42. The van der Waals surface area contributed by atoms with Gasteiger partial charge in [-0.1, -0.05) is 29.8 Å². The standard InChI is InChI=1S/C19H25N5O3/c1-14-5-7-16(8-6-14)9-10-20-17(26)11-24-12-21-18(15(24)2)23(4)19(27)22(3)13-25/h5-8,12-13H,9-11H2,1-4H3,(H,20,26). The summed E-state index contributed by atoms with van der Waals surface area (Å²) in [6.45, 7) is 4.46. The maximum atomic E-state index is 12.2. The van der Waals surface area contributed by atoms with Gasteiger partial charge in [0.05, 0.1) is 12.0 Å². The highest BCUT2D eigenvalue weighted by Crippen LogP contribution is 2.17. The van der Waals surface area contributed by atoms with E-state index >= 15 is 0 Å². The summed E-state index contributed by atoms with van der Waals surface area (Å²) in [5, 5.41) is 2.89. The first-order valence-electron chi connectivity index (χ1n) is 8.63. The number of benzene rings is 1. The molecule has 1 aromatic heterocycles. The first-order chi connectivity index (χ1) is 12.8. The van der Waals surface area contributed by atoms with E-state index < -0.39 is 6.03 Å². The molecule has 1 N–H and O–H groups in total. The van der Waals surface area contributed by atoms with Crippen LogP contribution in [0.15, 0.2) is 30.6 Å². The predicted octanol–water partition coefficient (Wildman–Crippen LogP) is 1.50. The Labute approximate surface area is 158 Å². The maximum absolute atomic E-state index is 12.2. The zero-order chi connectivity index (χ0) is 20.0. The fourth-order valence-corrected chi connectivity index (χ4v) is 2.61. The number of aromatic nitrogens is 2. The molecule has 1 aromatic carbocycles. The van der Waals surface area contributed by atoms with Gasteiger partial charge in [0, 0.05) is 20.6 Å². The van der Waals surface area contributed by atoms with Crippen molar-refractivity contribution in [1.29, 1.82) is 0 Å². The summed E-state index contributed by atoms with van der Waals surface area (Å²) in [4.78, 5) is 41.4. The lowest BCUT2D eigenvalue weighted by atomic mass is 10.1. The molecule has 0 unspecified atom stereocenters. The maximum Gasteiger partial charge on any atom is 0.331 e. The van der Waals surface area contributed by atoms with Crippen LogP contribution in [0, 0.1) is 13.8 Å². The number of nitrogens with zero attached hydrogens (tertiary/aromatic N) is 4. The van der Waals surface area contributed by atoms with Crippen molar-refractivity contribution in [1.82, 2.24) is 19.8 Å². The van der Waals surface area contributed by atoms with E-state index in [2.05, 4.69) is 22.4 Å². The normalized spacial score (nSPS) is 10.4. The van der Waals surface area contributed by atoms with Gasteiger partial charge in [0.2, 0.25) is 12.3 Å².